The van der Waals surface area contributed by atoms with Crippen molar-refractivity contribution in [2.75, 3.05) is 0 Å². The summed E-state index contributed by atoms with van der Waals surface area (Å²) in [6.07, 6.45) is 2.96. The molecule has 0 aromatic rings. The minimum absolute atomic E-state index is 0.0626. The number of carbonyl (C=O) groups is 1. The Labute approximate surface area is 113 Å². The number of Topliss-reactive ketones (excluding diaryl/α,β-unsaturated/α-hetero) is 1. The van der Waals surface area contributed by atoms with Gasteiger partial charge in [0.05, 0.1) is 5.60 Å². The van der Waals surface area contributed by atoms with Crippen LogP contribution in [0.25, 0.3) is 0 Å². The maximum Gasteiger partial charge on any atom is 0.172 e. The molecule has 0 N–H and O–H groups in total. The van der Waals surface area contributed by atoms with E-state index in [1.54, 1.807) is 0 Å². The highest BCUT2D eigenvalue weighted by molar-refractivity contribution is 6.48. The third-order valence-corrected chi connectivity index (χ3v) is 4.68. The largest absolute Gasteiger partial charge is 0.410 e. The Morgan fingerprint density at radius 1 is 1.44 bits per heavy atom. The Hall–Kier alpha value is -0.673. The molecule has 2 nitrogen and oxygen atoms in total. The Bertz CT molecular complexity index is 388. The van der Waals surface area contributed by atoms with Gasteiger partial charge in [0.15, 0.2) is 14.8 Å². The average molecular weight is 266 g/mol. The van der Waals surface area contributed by atoms with E-state index in [-0.39, 0.29) is 11.2 Å². The van der Waals surface area contributed by atoms with Crippen LogP contribution >= 0.6 is 0 Å². The van der Waals surface area contributed by atoms with Crippen LogP contribution in [0.1, 0.15) is 40.5 Å². The second-order valence-electron chi connectivity index (χ2n) is 6.44. The predicted octanol–water partition coefficient (Wildman–Crippen LogP) is 3.64. The van der Waals surface area contributed by atoms with Gasteiger partial charge in [0.25, 0.3) is 0 Å². The van der Waals surface area contributed by atoms with Crippen molar-refractivity contribution in [3.05, 3.63) is 23.8 Å². The van der Waals surface area contributed by atoms with Crippen molar-refractivity contribution in [2.24, 2.45) is 5.41 Å². The summed E-state index contributed by atoms with van der Waals surface area (Å²) in [5.74, 6) is 0.233. The minimum atomic E-state index is -1.22. The van der Waals surface area contributed by atoms with Crippen LogP contribution in [0.4, 0.5) is 0 Å². The summed E-state index contributed by atoms with van der Waals surface area (Å²) in [6, 6.07) is 0. The molecule has 0 aromatic heterocycles. The Morgan fingerprint density at radius 2 is 2.00 bits per heavy atom. The number of rotatable bonds is 4. The van der Waals surface area contributed by atoms with Gasteiger partial charge in [0, 0.05) is 12.0 Å². The van der Waals surface area contributed by atoms with Crippen LogP contribution in [-0.2, 0) is 9.22 Å². The van der Waals surface area contributed by atoms with Gasteiger partial charge < -0.3 is 4.43 Å². The zero-order valence-electron chi connectivity index (χ0n) is 12.6. The van der Waals surface area contributed by atoms with Gasteiger partial charge in [0.2, 0.25) is 0 Å². The van der Waals surface area contributed by atoms with Crippen LogP contribution in [0.15, 0.2) is 23.8 Å². The minimum Gasteiger partial charge on any atom is -0.410 e. The van der Waals surface area contributed by atoms with Crippen LogP contribution in [0, 0.1) is 5.41 Å². The molecule has 0 aromatic carbocycles. The molecule has 1 aliphatic rings. The van der Waals surface area contributed by atoms with Crippen molar-refractivity contribution in [1.29, 1.82) is 0 Å². The fourth-order valence-corrected chi connectivity index (χ4v) is 4.28. The quantitative estimate of drug-likeness (QED) is 0.573. The van der Waals surface area contributed by atoms with Crippen molar-refractivity contribution >= 4 is 14.8 Å². The number of carbonyl (C=O) groups excluding carboxylic acids is 1. The maximum atomic E-state index is 12.2. The van der Waals surface area contributed by atoms with Crippen molar-refractivity contribution in [3.8, 4) is 0 Å². The molecule has 0 amide bonds. The smallest absolute Gasteiger partial charge is 0.172 e. The van der Waals surface area contributed by atoms with Gasteiger partial charge in [-0.1, -0.05) is 26.8 Å². The SMILES string of the molecule is C=CCC1=C(C)C(O[SiH](C)C)(C(C)(C)C)CC1=O. The van der Waals surface area contributed by atoms with Gasteiger partial charge in [-0.3, -0.25) is 4.79 Å². The molecule has 102 valence electrons. The summed E-state index contributed by atoms with van der Waals surface area (Å²) in [4.78, 5) is 12.2. The summed E-state index contributed by atoms with van der Waals surface area (Å²) in [5, 5.41) is 0. The van der Waals surface area contributed by atoms with Crippen LogP contribution in [0.3, 0.4) is 0 Å². The highest BCUT2D eigenvalue weighted by atomic mass is 28.3. The lowest BCUT2D eigenvalue weighted by Gasteiger charge is -2.44. The van der Waals surface area contributed by atoms with Gasteiger partial charge in [-0.2, -0.15) is 0 Å². The fourth-order valence-electron chi connectivity index (χ4n) is 2.87. The lowest BCUT2D eigenvalue weighted by Crippen LogP contribution is -2.48. The highest BCUT2D eigenvalue weighted by Crippen LogP contribution is 2.49. The summed E-state index contributed by atoms with van der Waals surface area (Å²) in [6.45, 7) is 16.6. The normalized spacial score (nSPS) is 25.2. The van der Waals surface area contributed by atoms with Crippen LogP contribution < -0.4 is 0 Å². The van der Waals surface area contributed by atoms with Gasteiger partial charge in [-0.15, -0.1) is 6.58 Å². The van der Waals surface area contributed by atoms with Crippen molar-refractivity contribution < 1.29 is 9.22 Å². The molecule has 0 saturated carbocycles. The van der Waals surface area contributed by atoms with Crippen LogP contribution in [0.5, 0.6) is 0 Å². The third kappa shape index (κ3) is 2.52. The van der Waals surface area contributed by atoms with Gasteiger partial charge in [-0.25, -0.2) is 0 Å². The average Bonchev–Trinajstić information content (AvgIpc) is 2.42. The molecule has 0 bridgehead atoms. The summed E-state index contributed by atoms with van der Waals surface area (Å²) in [5.41, 5.74) is 1.58. The van der Waals surface area contributed by atoms with E-state index in [1.807, 2.05) is 6.08 Å². The number of allylic oxidation sites excluding steroid dienone is 2. The van der Waals surface area contributed by atoms with Gasteiger partial charge in [0.1, 0.15) is 0 Å². The molecule has 0 aliphatic heterocycles. The Kier molecular flexibility index (Phi) is 4.39. The Morgan fingerprint density at radius 3 is 2.39 bits per heavy atom. The molecule has 18 heavy (non-hydrogen) atoms. The topological polar surface area (TPSA) is 26.3 Å². The van der Waals surface area contributed by atoms with Crippen LogP contribution in [-0.4, -0.2) is 20.4 Å². The van der Waals surface area contributed by atoms with Crippen LogP contribution in [0.2, 0.25) is 13.1 Å². The van der Waals surface area contributed by atoms with E-state index in [4.69, 9.17) is 4.43 Å². The molecule has 3 heteroatoms. The standard InChI is InChI=1S/C15H26O2Si/c1-8-9-12-11(2)15(10-13(12)16,14(3,4)5)17-18(6)7/h8,18H,1,9-10H2,2-7H3. The predicted molar refractivity (Wildman–Crippen MR) is 79.3 cm³/mol. The molecular weight excluding hydrogens is 240 g/mol. The zero-order valence-corrected chi connectivity index (χ0v) is 13.7. The lowest BCUT2D eigenvalue weighted by atomic mass is 9.72. The third-order valence-electron chi connectivity index (χ3n) is 3.80. The maximum absolute atomic E-state index is 12.2. The van der Waals surface area contributed by atoms with E-state index in [0.29, 0.717) is 12.8 Å². The first-order valence-electron chi connectivity index (χ1n) is 6.68. The van der Waals surface area contributed by atoms with Gasteiger partial charge >= 0.3 is 0 Å². The molecule has 1 rings (SSSR count). The fraction of sp³-hybridized carbons (Fsp3) is 0.667. The number of hydrogen-bond acceptors (Lipinski definition) is 2. The van der Waals surface area contributed by atoms with Crippen molar-refractivity contribution in [1.82, 2.24) is 0 Å². The summed E-state index contributed by atoms with van der Waals surface area (Å²) < 4.78 is 6.35. The number of ketones is 1. The first kappa shape index (κ1) is 15.4. The van der Waals surface area contributed by atoms with E-state index < -0.39 is 14.6 Å². The Balaban J connectivity index is 3.30. The van der Waals surface area contributed by atoms with Crippen molar-refractivity contribution in [2.45, 2.75) is 59.2 Å². The second kappa shape index (κ2) is 5.14. The lowest BCUT2D eigenvalue weighted by molar-refractivity contribution is -0.119. The second-order valence-corrected chi connectivity index (χ2v) is 8.77. The molecule has 1 aliphatic carbocycles. The van der Waals surface area contributed by atoms with E-state index in [0.717, 1.165) is 11.1 Å². The molecule has 0 saturated heterocycles. The first-order chi connectivity index (χ1) is 8.15. The molecule has 0 fully saturated rings. The number of hydrogen-bond donors (Lipinski definition) is 0. The molecular formula is C15H26O2Si. The van der Waals surface area contributed by atoms with Gasteiger partial charge in [-0.05, 0) is 37.4 Å². The molecule has 1 atom stereocenters. The zero-order chi connectivity index (χ0) is 14.1. The van der Waals surface area contributed by atoms with E-state index in [2.05, 4.69) is 47.4 Å². The molecule has 0 radical (unpaired) electrons. The van der Waals surface area contributed by atoms with Crippen molar-refractivity contribution in [3.63, 3.8) is 0 Å². The first-order valence-corrected chi connectivity index (χ1v) is 9.46. The van der Waals surface area contributed by atoms with E-state index >= 15 is 0 Å². The summed E-state index contributed by atoms with van der Waals surface area (Å²) >= 11 is 0. The van der Waals surface area contributed by atoms with E-state index in [1.165, 1.54) is 0 Å². The monoisotopic (exact) mass is 266 g/mol. The summed E-state index contributed by atoms with van der Waals surface area (Å²) in [7, 11) is -1.22. The van der Waals surface area contributed by atoms with E-state index in [9.17, 15) is 4.79 Å². The molecule has 1 unspecified atom stereocenters. The highest BCUT2D eigenvalue weighted by Gasteiger charge is 2.51. The molecule has 0 spiro atoms. The molecule has 0 heterocycles.